The van der Waals surface area contributed by atoms with Crippen molar-refractivity contribution < 1.29 is 17.6 Å². The summed E-state index contributed by atoms with van der Waals surface area (Å²) in [6.45, 7) is 4.44. The minimum Gasteiger partial charge on any atom is -0.313 e. The molecule has 1 heterocycles. The lowest BCUT2D eigenvalue weighted by Crippen LogP contribution is -2.37. The molecule has 1 aromatic carbocycles. The maximum atomic E-state index is 13.1. The molecule has 21 heavy (non-hydrogen) atoms. The molecule has 1 unspecified atom stereocenters. The van der Waals surface area contributed by atoms with Gasteiger partial charge in [-0.1, -0.05) is 13.0 Å². The van der Waals surface area contributed by atoms with Crippen LogP contribution in [0.5, 0.6) is 0 Å². The Bertz CT molecular complexity index is 467. The molecule has 0 radical (unpaired) electrons. The van der Waals surface area contributed by atoms with Gasteiger partial charge in [0, 0.05) is 19.1 Å². The summed E-state index contributed by atoms with van der Waals surface area (Å²) in [7, 11) is 0. The van der Waals surface area contributed by atoms with Gasteiger partial charge in [0.1, 0.15) is 5.82 Å². The highest BCUT2D eigenvalue weighted by Crippen LogP contribution is 2.33. The van der Waals surface area contributed by atoms with Gasteiger partial charge in [-0.3, -0.25) is 4.90 Å². The zero-order valence-corrected chi connectivity index (χ0v) is 12.0. The van der Waals surface area contributed by atoms with Crippen molar-refractivity contribution in [2.45, 2.75) is 38.5 Å². The van der Waals surface area contributed by atoms with Crippen molar-refractivity contribution >= 4 is 0 Å². The first-order valence-electron chi connectivity index (χ1n) is 7.21. The molecule has 1 aliphatic heterocycles. The van der Waals surface area contributed by atoms with E-state index >= 15 is 0 Å². The molecule has 0 saturated carbocycles. The maximum Gasteiger partial charge on any atom is 0.416 e. The first kappa shape index (κ1) is 16.2. The summed E-state index contributed by atoms with van der Waals surface area (Å²) in [6.07, 6.45) is -2.37. The molecule has 0 bridgehead atoms. The molecule has 0 spiro atoms. The van der Waals surface area contributed by atoms with E-state index in [-0.39, 0.29) is 12.1 Å². The van der Waals surface area contributed by atoms with E-state index in [0.717, 1.165) is 25.5 Å². The lowest BCUT2D eigenvalue weighted by molar-refractivity contribution is -0.138. The molecule has 1 aromatic rings. The minimum atomic E-state index is -4.53. The topological polar surface area (TPSA) is 15.3 Å². The van der Waals surface area contributed by atoms with Gasteiger partial charge in [0.25, 0.3) is 0 Å². The molecule has 6 heteroatoms. The second-order valence-electron chi connectivity index (χ2n) is 5.42. The van der Waals surface area contributed by atoms with Crippen LogP contribution < -0.4 is 5.32 Å². The van der Waals surface area contributed by atoms with E-state index < -0.39 is 17.6 Å². The van der Waals surface area contributed by atoms with Crippen molar-refractivity contribution in [3.05, 3.63) is 35.1 Å². The Kier molecular flexibility index (Phi) is 5.22. The number of halogens is 4. The number of likely N-dealkylation sites (N-methyl/N-ethyl adjacent to an activating group) is 1. The standard InChI is InChI=1S/C15H20F4N2/c1-2-21(10-13-4-3-7-20-13)9-11-5-6-12(16)8-14(11)15(17,18)19/h5-6,8,13,20H,2-4,7,9-10H2,1H3. The normalized spacial score (nSPS) is 19.4. The van der Waals surface area contributed by atoms with Crippen LogP contribution in [-0.2, 0) is 12.7 Å². The third kappa shape index (κ3) is 4.41. The Labute approximate surface area is 122 Å². The van der Waals surface area contributed by atoms with Gasteiger partial charge in [-0.05, 0) is 43.6 Å². The van der Waals surface area contributed by atoms with Crippen molar-refractivity contribution in [1.82, 2.24) is 10.2 Å². The van der Waals surface area contributed by atoms with Crippen LogP contribution in [0.1, 0.15) is 30.9 Å². The Balaban J connectivity index is 2.12. The average molecular weight is 304 g/mol. The minimum absolute atomic E-state index is 0.128. The maximum absolute atomic E-state index is 13.1. The highest BCUT2D eigenvalue weighted by atomic mass is 19.4. The number of nitrogens with zero attached hydrogens (tertiary/aromatic N) is 1. The van der Waals surface area contributed by atoms with E-state index in [0.29, 0.717) is 25.2 Å². The van der Waals surface area contributed by atoms with Gasteiger partial charge in [-0.2, -0.15) is 13.2 Å². The van der Waals surface area contributed by atoms with E-state index in [2.05, 4.69) is 5.32 Å². The quantitative estimate of drug-likeness (QED) is 0.839. The van der Waals surface area contributed by atoms with Gasteiger partial charge >= 0.3 is 6.18 Å². The second kappa shape index (κ2) is 6.75. The van der Waals surface area contributed by atoms with E-state index in [1.54, 1.807) is 0 Å². The lowest BCUT2D eigenvalue weighted by Gasteiger charge is -2.25. The summed E-state index contributed by atoms with van der Waals surface area (Å²) >= 11 is 0. The highest BCUT2D eigenvalue weighted by Gasteiger charge is 2.34. The van der Waals surface area contributed by atoms with E-state index in [9.17, 15) is 17.6 Å². The van der Waals surface area contributed by atoms with Crippen LogP contribution in [0.25, 0.3) is 0 Å². The first-order valence-corrected chi connectivity index (χ1v) is 7.21. The van der Waals surface area contributed by atoms with E-state index in [1.165, 1.54) is 6.07 Å². The summed E-state index contributed by atoms with van der Waals surface area (Å²) in [5, 5.41) is 3.34. The summed E-state index contributed by atoms with van der Waals surface area (Å²) < 4.78 is 52.1. The van der Waals surface area contributed by atoms with Crippen LogP contribution in [0.2, 0.25) is 0 Å². The zero-order chi connectivity index (χ0) is 15.5. The van der Waals surface area contributed by atoms with Crippen molar-refractivity contribution in [3.63, 3.8) is 0 Å². The monoisotopic (exact) mass is 304 g/mol. The average Bonchev–Trinajstić information content (AvgIpc) is 2.91. The van der Waals surface area contributed by atoms with Crippen LogP contribution >= 0.6 is 0 Å². The highest BCUT2D eigenvalue weighted by molar-refractivity contribution is 5.30. The third-order valence-electron chi connectivity index (χ3n) is 3.86. The number of hydrogen-bond donors (Lipinski definition) is 1. The van der Waals surface area contributed by atoms with E-state index in [1.807, 2.05) is 11.8 Å². The first-order chi connectivity index (χ1) is 9.90. The van der Waals surface area contributed by atoms with Crippen LogP contribution in [0.4, 0.5) is 17.6 Å². The molecule has 1 aliphatic rings. The molecular formula is C15H20F4N2. The van der Waals surface area contributed by atoms with Gasteiger partial charge in [0.05, 0.1) is 5.56 Å². The van der Waals surface area contributed by atoms with Gasteiger partial charge in [0.2, 0.25) is 0 Å². The molecule has 1 saturated heterocycles. The van der Waals surface area contributed by atoms with Gasteiger partial charge in [-0.25, -0.2) is 4.39 Å². The molecule has 2 nitrogen and oxygen atoms in total. The lowest BCUT2D eigenvalue weighted by atomic mass is 10.1. The molecule has 1 N–H and O–H groups in total. The van der Waals surface area contributed by atoms with E-state index in [4.69, 9.17) is 0 Å². The Morgan fingerprint density at radius 2 is 2.10 bits per heavy atom. The van der Waals surface area contributed by atoms with Crippen LogP contribution in [0, 0.1) is 5.82 Å². The largest absolute Gasteiger partial charge is 0.416 e. The fraction of sp³-hybridized carbons (Fsp3) is 0.600. The summed E-state index contributed by atoms with van der Waals surface area (Å²) in [5.74, 6) is -0.855. The van der Waals surface area contributed by atoms with Crippen molar-refractivity contribution in [3.8, 4) is 0 Å². The van der Waals surface area contributed by atoms with Gasteiger partial charge < -0.3 is 5.32 Å². The molecule has 0 aromatic heterocycles. The smallest absolute Gasteiger partial charge is 0.313 e. The molecular weight excluding hydrogens is 284 g/mol. The van der Waals surface area contributed by atoms with Crippen LogP contribution in [0.15, 0.2) is 18.2 Å². The Hall–Kier alpha value is -1.14. The number of alkyl halides is 3. The van der Waals surface area contributed by atoms with Crippen molar-refractivity contribution in [2.75, 3.05) is 19.6 Å². The molecule has 1 fully saturated rings. The predicted molar refractivity (Wildman–Crippen MR) is 73.4 cm³/mol. The summed E-state index contributed by atoms with van der Waals surface area (Å²) in [6, 6.07) is 3.24. The number of hydrogen-bond acceptors (Lipinski definition) is 2. The Morgan fingerprint density at radius 1 is 1.33 bits per heavy atom. The number of benzene rings is 1. The van der Waals surface area contributed by atoms with Crippen LogP contribution in [-0.4, -0.2) is 30.6 Å². The Morgan fingerprint density at radius 3 is 2.67 bits per heavy atom. The third-order valence-corrected chi connectivity index (χ3v) is 3.86. The molecule has 1 atom stereocenters. The number of rotatable bonds is 5. The number of nitrogens with one attached hydrogen (secondary N) is 1. The molecule has 2 rings (SSSR count). The fourth-order valence-corrected chi connectivity index (χ4v) is 2.72. The van der Waals surface area contributed by atoms with Gasteiger partial charge in [-0.15, -0.1) is 0 Å². The molecule has 0 amide bonds. The SMILES string of the molecule is CCN(Cc1ccc(F)cc1C(F)(F)F)CC1CCCN1. The summed E-state index contributed by atoms with van der Waals surface area (Å²) in [5.41, 5.74) is -0.746. The second-order valence-corrected chi connectivity index (χ2v) is 5.42. The van der Waals surface area contributed by atoms with Crippen molar-refractivity contribution in [2.24, 2.45) is 0 Å². The predicted octanol–water partition coefficient (Wildman–Crippen LogP) is 3.42. The fourth-order valence-electron chi connectivity index (χ4n) is 2.72. The zero-order valence-electron chi connectivity index (χ0n) is 12.0. The molecule has 0 aliphatic carbocycles. The summed E-state index contributed by atoms with van der Waals surface area (Å²) in [4.78, 5) is 1.96. The van der Waals surface area contributed by atoms with Crippen LogP contribution in [0.3, 0.4) is 0 Å². The van der Waals surface area contributed by atoms with Crippen molar-refractivity contribution in [1.29, 1.82) is 0 Å². The molecule has 118 valence electrons. The van der Waals surface area contributed by atoms with Gasteiger partial charge in [0.15, 0.2) is 0 Å².